The maximum atomic E-state index is 12.0. The van der Waals surface area contributed by atoms with Gasteiger partial charge in [0.15, 0.2) is 13.1 Å². The maximum Gasteiger partial charge on any atom is 0.279 e. The molecular formula is C16H25BrN3O2+. The molecule has 1 rings (SSSR count). The second kappa shape index (κ2) is 7.74. The molecule has 0 aromatic heterocycles. The summed E-state index contributed by atoms with van der Waals surface area (Å²) >= 11 is 3.44. The van der Waals surface area contributed by atoms with Crippen molar-refractivity contribution in [2.45, 2.75) is 33.2 Å². The lowest BCUT2D eigenvalue weighted by molar-refractivity contribution is -0.862. The van der Waals surface area contributed by atoms with Crippen LogP contribution in [0.3, 0.4) is 0 Å². The van der Waals surface area contributed by atoms with Crippen LogP contribution < -0.4 is 15.5 Å². The van der Waals surface area contributed by atoms with Crippen molar-refractivity contribution in [3.8, 4) is 0 Å². The Morgan fingerprint density at radius 2 is 1.77 bits per heavy atom. The molecule has 3 N–H and O–H groups in total. The minimum absolute atomic E-state index is 0.0594. The molecule has 0 saturated heterocycles. The molecule has 6 heteroatoms. The number of hydrogen-bond donors (Lipinski definition) is 3. The van der Waals surface area contributed by atoms with Gasteiger partial charge in [0.1, 0.15) is 0 Å². The maximum absolute atomic E-state index is 12.0. The quantitative estimate of drug-likeness (QED) is 0.727. The molecule has 1 aromatic rings. The van der Waals surface area contributed by atoms with E-state index in [4.69, 9.17) is 0 Å². The number of rotatable bonds is 5. The average Bonchev–Trinajstić information content (AvgIpc) is 2.30. The van der Waals surface area contributed by atoms with E-state index in [2.05, 4.69) is 26.6 Å². The van der Waals surface area contributed by atoms with Gasteiger partial charge < -0.3 is 15.5 Å². The molecule has 0 radical (unpaired) electrons. The topological polar surface area (TPSA) is 62.6 Å². The average molecular weight is 371 g/mol. The number of quaternary nitrogens is 1. The number of carbonyl (C=O) groups is 2. The summed E-state index contributed by atoms with van der Waals surface area (Å²) < 4.78 is 0.954. The van der Waals surface area contributed by atoms with E-state index >= 15 is 0 Å². The van der Waals surface area contributed by atoms with Gasteiger partial charge in [-0.1, -0.05) is 22.0 Å². The Morgan fingerprint density at radius 1 is 1.18 bits per heavy atom. The molecule has 2 amide bonds. The van der Waals surface area contributed by atoms with Crippen molar-refractivity contribution >= 4 is 33.4 Å². The van der Waals surface area contributed by atoms with Crippen molar-refractivity contribution in [2.75, 3.05) is 25.5 Å². The predicted octanol–water partition coefficient (Wildman–Crippen LogP) is 1.13. The highest BCUT2D eigenvalue weighted by Gasteiger charge is 2.18. The Labute approximate surface area is 140 Å². The monoisotopic (exact) mass is 370 g/mol. The summed E-state index contributed by atoms with van der Waals surface area (Å²) in [5.41, 5.74) is 1.60. The van der Waals surface area contributed by atoms with Gasteiger partial charge in [0.2, 0.25) is 0 Å². The third-order valence-electron chi connectivity index (χ3n) is 2.89. The van der Waals surface area contributed by atoms with Crippen LogP contribution in [-0.4, -0.2) is 37.5 Å². The lowest BCUT2D eigenvalue weighted by Gasteiger charge is -2.21. The van der Waals surface area contributed by atoms with Gasteiger partial charge in [-0.15, -0.1) is 0 Å². The van der Waals surface area contributed by atoms with Crippen LogP contribution >= 0.6 is 15.9 Å². The van der Waals surface area contributed by atoms with Crippen molar-refractivity contribution in [3.05, 3.63) is 28.2 Å². The van der Waals surface area contributed by atoms with Gasteiger partial charge in [-0.3, -0.25) is 9.59 Å². The van der Waals surface area contributed by atoms with Crippen LogP contribution in [0, 0.1) is 6.92 Å². The number of nitrogens with one attached hydrogen (secondary N) is 3. The van der Waals surface area contributed by atoms with E-state index in [0.29, 0.717) is 0 Å². The molecule has 122 valence electrons. The van der Waals surface area contributed by atoms with Crippen LogP contribution in [0.15, 0.2) is 22.7 Å². The van der Waals surface area contributed by atoms with Gasteiger partial charge >= 0.3 is 0 Å². The summed E-state index contributed by atoms with van der Waals surface area (Å²) in [6.45, 7) is 8.29. The first-order valence-corrected chi connectivity index (χ1v) is 8.04. The summed E-state index contributed by atoms with van der Waals surface area (Å²) in [4.78, 5) is 24.7. The number of amides is 2. The number of hydrogen-bond acceptors (Lipinski definition) is 2. The van der Waals surface area contributed by atoms with Gasteiger partial charge in [0.25, 0.3) is 11.8 Å². The second-order valence-corrected chi connectivity index (χ2v) is 7.48. The van der Waals surface area contributed by atoms with Crippen LogP contribution in [0.4, 0.5) is 5.69 Å². The van der Waals surface area contributed by atoms with E-state index in [1.54, 1.807) is 0 Å². The smallest absolute Gasteiger partial charge is 0.279 e. The van der Waals surface area contributed by atoms with Crippen LogP contribution in [0.5, 0.6) is 0 Å². The van der Waals surface area contributed by atoms with E-state index < -0.39 is 0 Å². The minimum atomic E-state index is -0.256. The summed E-state index contributed by atoms with van der Waals surface area (Å²) in [5.74, 6) is -0.173. The molecule has 5 nitrogen and oxygen atoms in total. The van der Waals surface area contributed by atoms with Crippen LogP contribution in [0.25, 0.3) is 0 Å². The Balaban J connectivity index is 2.47. The SMILES string of the molecule is Cc1ccc(NC(=O)C[NH+](C)CC(=O)NC(C)(C)C)cc1Br. The van der Waals surface area contributed by atoms with Crippen LogP contribution in [0.2, 0.25) is 0 Å². The largest absolute Gasteiger partial charge is 0.347 e. The lowest BCUT2D eigenvalue weighted by Crippen LogP contribution is -3.11. The first-order chi connectivity index (χ1) is 10.1. The summed E-state index contributed by atoms with van der Waals surface area (Å²) in [7, 11) is 1.83. The van der Waals surface area contributed by atoms with Gasteiger partial charge in [0.05, 0.1) is 7.05 Å². The molecule has 0 fully saturated rings. The fraction of sp³-hybridized carbons (Fsp3) is 0.500. The van der Waals surface area contributed by atoms with E-state index in [0.717, 1.165) is 20.6 Å². The van der Waals surface area contributed by atoms with E-state index in [1.165, 1.54) is 0 Å². The van der Waals surface area contributed by atoms with Gasteiger partial charge in [0, 0.05) is 15.7 Å². The summed E-state index contributed by atoms with van der Waals surface area (Å²) in [6, 6.07) is 5.67. The zero-order valence-electron chi connectivity index (χ0n) is 13.8. The van der Waals surface area contributed by atoms with Crippen molar-refractivity contribution in [2.24, 2.45) is 0 Å². The number of benzene rings is 1. The Hall–Kier alpha value is -1.40. The van der Waals surface area contributed by atoms with E-state index in [-0.39, 0.29) is 30.4 Å². The zero-order valence-corrected chi connectivity index (χ0v) is 15.4. The third-order valence-corrected chi connectivity index (χ3v) is 3.75. The van der Waals surface area contributed by atoms with Crippen molar-refractivity contribution in [1.29, 1.82) is 0 Å². The van der Waals surface area contributed by atoms with Gasteiger partial charge in [-0.05, 0) is 45.4 Å². The van der Waals surface area contributed by atoms with Gasteiger partial charge in [-0.25, -0.2) is 0 Å². The third kappa shape index (κ3) is 7.04. The van der Waals surface area contributed by atoms with Crippen molar-refractivity contribution in [3.63, 3.8) is 0 Å². The van der Waals surface area contributed by atoms with Crippen molar-refractivity contribution in [1.82, 2.24) is 5.32 Å². The van der Waals surface area contributed by atoms with Crippen molar-refractivity contribution < 1.29 is 14.5 Å². The molecule has 1 unspecified atom stereocenters. The molecule has 0 bridgehead atoms. The highest BCUT2D eigenvalue weighted by atomic mass is 79.9. The Morgan fingerprint density at radius 3 is 2.32 bits per heavy atom. The van der Waals surface area contributed by atoms with E-state index in [1.807, 2.05) is 52.9 Å². The summed E-state index contributed by atoms with van der Waals surface area (Å²) in [5, 5.41) is 5.73. The molecule has 1 aromatic carbocycles. The highest BCUT2D eigenvalue weighted by molar-refractivity contribution is 9.10. The highest BCUT2D eigenvalue weighted by Crippen LogP contribution is 2.20. The number of aryl methyl sites for hydroxylation is 1. The number of anilines is 1. The van der Waals surface area contributed by atoms with E-state index in [9.17, 15) is 9.59 Å². The lowest BCUT2D eigenvalue weighted by atomic mass is 10.1. The van der Waals surface area contributed by atoms with Crippen LogP contribution in [-0.2, 0) is 9.59 Å². The number of halogens is 1. The number of carbonyl (C=O) groups excluding carboxylic acids is 2. The molecule has 0 heterocycles. The molecule has 0 aliphatic rings. The molecular weight excluding hydrogens is 346 g/mol. The van der Waals surface area contributed by atoms with Gasteiger partial charge in [-0.2, -0.15) is 0 Å². The Kier molecular flexibility index (Phi) is 6.56. The molecule has 0 aliphatic carbocycles. The predicted molar refractivity (Wildman–Crippen MR) is 92.0 cm³/mol. The minimum Gasteiger partial charge on any atom is -0.347 e. The molecule has 1 atom stereocenters. The molecule has 22 heavy (non-hydrogen) atoms. The molecule has 0 saturated carbocycles. The normalized spacial score (nSPS) is 12.6. The molecule has 0 spiro atoms. The number of likely N-dealkylation sites (N-methyl/N-ethyl adjacent to an activating group) is 1. The fourth-order valence-corrected chi connectivity index (χ4v) is 2.33. The first-order valence-electron chi connectivity index (χ1n) is 7.25. The standard InChI is InChI=1S/C16H24BrN3O2/c1-11-6-7-12(8-13(11)17)18-14(21)9-20(5)10-15(22)19-16(2,3)4/h6-8H,9-10H2,1-5H3,(H,18,21)(H,19,22)/p+1. The fourth-order valence-electron chi connectivity index (χ4n) is 1.95. The summed E-state index contributed by atoms with van der Waals surface area (Å²) in [6.07, 6.45) is 0. The van der Waals surface area contributed by atoms with Crippen LogP contribution in [0.1, 0.15) is 26.3 Å². The Bertz CT molecular complexity index is 553. The second-order valence-electron chi connectivity index (χ2n) is 6.62. The first kappa shape index (κ1) is 18.6. The zero-order chi connectivity index (χ0) is 16.9. The molecule has 0 aliphatic heterocycles.